The minimum absolute atomic E-state index is 0.0469. The molecule has 3 rings (SSSR count). The van der Waals surface area contributed by atoms with Gasteiger partial charge in [-0.15, -0.1) is 0 Å². The van der Waals surface area contributed by atoms with Gasteiger partial charge in [0.05, 0.1) is 25.7 Å². The van der Waals surface area contributed by atoms with Crippen molar-refractivity contribution in [3.05, 3.63) is 59.9 Å². The summed E-state index contributed by atoms with van der Waals surface area (Å²) in [5.41, 5.74) is 1.98. The van der Waals surface area contributed by atoms with Crippen LogP contribution >= 0.6 is 0 Å². The molecule has 0 bridgehead atoms. The molecule has 2 heterocycles. The number of carboxylic acids is 1. The maximum absolute atomic E-state index is 12.7. The van der Waals surface area contributed by atoms with Gasteiger partial charge in [-0.1, -0.05) is 18.2 Å². The Kier molecular flexibility index (Phi) is 8.38. The summed E-state index contributed by atoms with van der Waals surface area (Å²) in [6.07, 6.45) is -0.466. The molecule has 0 unspecified atom stereocenters. The highest BCUT2D eigenvalue weighted by molar-refractivity contribution is 5.79. The number of aliphatic hydroxyl groups is 1. The number of rotatable bonds is 5. The fourth-order valence-electron chi connectivity index (χ4n) is 3.17. The van der Waals surface area contributed by atoms with Crippen molar-refractivity contribution in [1.82, 2.24) is 9.88 Å². The molecule has 7 nitrogen and oxygen atoms in total. The van der Waals surface area contributed by atoms with E-state index in [1.165, 1.54) is 0 Å². The predicted molar refractivity (Wildman–Crippen MR) is 104 cm³/mol. The lowest BCUT2D eigenvalue weighted by molar-refractivity contribution is -0.192. The molecule has 1 aromatic carbocycles. The van der Waals surface area contributed by atoms with Crippen LogP contribution < -0.4 is 4.74 Å². The number of aromatic nitrogens is 1. The molecule has 10 heteroatoms. The number of benzene rings is 1. The molecule has 1 aromatic heterocycles. The first-order valence-corrected chi connectivity index (χ1v) is 9.41. The lowest BCUT2D eigenvalue weighted by Gasteiger charge is -2.26. The van der Waals surface area contributed by atoms with Gasteiger partial charge in [-0.05, 0) is 42.2 Å². The second-order valence-corrected chi connectivity index (χ2v) is 6.90. The molecular weight excluding hydrogens is 417 g/mol. The number of nitrogens with zero attached hydrogens (tertiary/aromatic N) is 2. The lowest BCUT2D eigenvalue weighted by atomic mass is 10.0. The molecule has 2 aromatic rings. The van der Waals surface area contributed by atoms with Gasteiger partial charge in [0, 0.05) is 18.9 Å². The molecule has 31 heavy (non-hydrogen) atoms. The monoisotopic (exact) mass is 440 g/mol. The first kappa shape index (κ1) is 24.1. The summed E-state index contributed by atoms with van der Waals surface area (Å²) < 4.78 is 36.9. The second kappa shape index (κ2) is 10.8. The van der Waals surface area contributed by atoms with Crippen LogP contribution in [0.1, 0.15) is 17.5 Å². The van der Waals surface area contributed by atoms with Crippen molar-refractivity contribution < 1.29 is 37.7 Å². The average molecular weight is 440 g/mol. The zero-order valence-corrected chi connectivity index (χ0v) is 16.7. The molecule has 1 aliphatic rings. The molecule has 0 spiro atoms. The van der Waals surface area contributed by atoms with E-state index in [1.54, 1.807) is 19.5 Å². The number of carbonyl (C=O) groups is 2. The van der Waals surface area contributed by atoms with Crippen LogP contribution in [0.3, 0.4) is 0 Å². The van der Waals surface area contributed by atoms with Crippen LogP contribution in [0.25, 0.3) is 0 Å². The molecule has 1 saturated heterocycles. The number of hydrogen-bond acceptors (Lipinski definition) is 5. The van der Waals surface area contributed by atoms with Gasteiger partial charge in [0.1, 0.15) is 5.75 Å². The lowest BCUT2D eigenvalue weighted by Crippen LogP contribution is -2.41. The average Bonchev–Trinajstić information content (AvgIpc) is 3.09. The second-order valence-electron chi connectivity index (χ2n) is 6.90. The van der Waals surface area contributed by atoms with Crippen molar-refractivity contribution in [3.8, 4) is 5.75 Å². The van der Waals surface area contributed by atoms with Crippen LogP contribution in [0.5, 0.6) is 5.75 Å². The van der Waals surface area contributed by atoms with E-state index in [0.717, 1.165) is 16.9 Å². The zero-order chi connectivity index (χ0) is 23.0. The largest absolute Gasteiger partial charge is 0.497 e. The fourth-order valence-corrected chi connectivity index (χ4v) is 3.17. The van der Waals surface area contributed by atoms with Gasteiger partial charge >= 0.3 is 12.1 Å². The number of amides is 1. The topological polar surface area (TPSA) is 100.0 Å². The third kappa shape index (κ3) is 7.25. The van der Waals surface area contributed by atoms with Gasteiger partial charge in [-0.3, -0.25) is 9.78 Å². The van der Waals surface area contributed by atoms with Crippen molar-refractivity contribution in [1.29, 1.82) is 0 Å². The Balaban J connectivity index is 0.000000423. The third-order valence-corrected chi connectivity index (χ3v) is 4.76. The highest BCUT2D eigenvalue weighted by atomic mass is 19.4. The predicted octanol–water partition coefficient (Wildman–Crippen LogP) is 2.47. The first-order valence-electron chi connectivity index (χ1n) is 9.41. The van der Waals surface area contributed by atoms with E-state index in [-0.39, 0.29) is 11.9 Å². The molecule has 0 saturated carbocycles. The van der Waals surface area contributed by atoms with Crippen LogP contribution in [0, 0.1) is 0 Å². The normalized spacial score (nSPS) is 18.2. The van der Waals surface area contributed by atoms with Crippen LogP contribution in [0.2, 0.25) is 0 Å². The number of hydrogen-bond donors (Lipinski definition) is 2. The minimum Gasteiger partial charge on any atom is -0.497 e. The van der Waals surface area contributed by atoms with Crippen molar-refractivity contribution in [2.75, 3.05) is 13.7 Å². The van der Waals surface area contributed by atoms with Crippen molar-refractivity contribution in [2.24, 2.45) is 0 Å². The number of pyridine rings is 1. The van der Waals surface area contributed by atoms with Crippen molar-refractivity contribution in [2.45, 2.75) is 37.6 Å². The van der Waals surface area contributed by atoms with Gasteiger partial charge < -0.3 is 19.8 Å². The van der Waals surface area contributed by atoms with Gasteiger partial charge in [-0.25, -0.2) is 4.79 Å². The summed E-state index contributed by atoms with van der Waals surface area (Å²) in [4.78, 5) is 27.5. The summed E-state index contributed by atoms with van der Waals surface area (Å²) in [6.45, 7) is 0.598. The number of carboxylic acid groups (broad SMARTS) is 1. The Hall–Kier alpha value is -3.14. The Bertz CT molecular complexity index is 860. The molecule has 1 amide bonds. The number of carbonyl (C=O) groups excluding carboxylic acids is 1. The molecule has 0 aliphatic carbocycles. The van der Waals surface area contributed by atoms with E-state index in [0.29, 0.717) is 25.8 Å². The molecular formula is C21H23F3N2O5. The Morgan fingerprint density at radius 2 is 1.84 bits per heavy atom. The molecule has 2 N–H and O–H groups in total. The summed E-state index contributed by atoms with van der Waals surface area (Å²) in [6, 6.07) is 11.2. The van der Waals surface area contributed by atoms with Crippen molar-refractivity contribution >= 4 is 11.9 Å². The van der Waals surface area contributed by atoms with E-state index < -0.39 is 18.2 Å². The molecule has 1 aliphatic heterocycles. The first-order chi connectivity index (χ1) is 14.6. The molecule has 2 atom stereocenters. The van der Waals surface area contributed by atoms with Gasteiger partial charge in [0.25, 0.3) is 0 Å². The van der Waals surface area contributed by atoms with E-state index in [1.807, 2.05) is 41.3 Å². The summed E-state index contributed by atoms with van der Waals surface area (Å²) >= 11 is 0. The van der Waals surface area contributed by atoms with Crippen LogP contribution in [-0.4, -0.2) is 64.0 Å². The number of halogens is 3. The smallest absolute Gasteiger partial charge is 0.490 e. The maximum atomic E-state index is 12.7. The van der Waals surface area contributed by atoms with E-state index in [2.05, 4.69) is 4.98 Å². The Morgan fingerprint density at radius 1 is 1.19 bits per heavy atom. The molecule has 0 radical (unpaired) electrons. The number of aliphatic hydroxyl groups excluding tert-OH is 1. The quantitative estimate of drug-likeness (QED) is 0.741. The third-order valence-electron chi connectivity index (χ3n) is 4.76. The Labute approximate surface area is 177 Å². The number of alkyl halides is 3. The summed E-state index contributed by atoms with van der Waals surface area (Å²) in [5, 5.41) is 17.4. The van der Waals surface area contributed by atoms with Gasteiger partial charge in [-0.2, -0.15) is 13.2 Å². The SMILES string of the molecule is COc1ccc(CC(=O)N2CC[C@@H](O)[C@@H]2Cc2cccnc2)cc1.O=C(O)C(F)(F)F. The fraction of sp³-hybridized carbons (Fsp3) is 0.381. The maximum Gasteiger partial charge on any atom is 0.490 e. The minimum atomic E-state index is -5.08. The van der Waals surface area contributed by atoms with E-state index in [4.69, 9.17) is 14.6 Å². The van der Waals surface area contributed by atoms with Crippen molar-refractivity contribution in [3.63, 3.8) is 0 Å². The van der Waals surface area contributed by atoms with E-state index in [9.17, 15) is 23.1 Å². The van der Waals surface area contributed by atoms with Crippen LogP contribution in [-0.2, 0) is 22.4 Å². The molecule has 168 valence electrons. The Morgan fingerprint density at radius 3 is 2.35 bits per heavy atom. The highest BCUT2D eigenvalue weighted by Crippen LogP contribution is 2.23. The number of likely N-dealkylation sites (tertiary alicyclic amines) is 1. The summed E-state index contributed by atoms with van der Waals surface area (Å²) in [7, 11) is 1.62. The number of methoxy groups -OCH3 is 1. The standard InChI is InChI=1S/C19H22N2O3.C2HF3O2/c1-24-16-6-4-14(5-7-16)12-19(23)21-10-8-18(22)17(21)11-15-3-2-9-20-13-15;3-2(4,5)1(6)7/h2-7,9,13,17-18,22H,8,10-12H2,1H3;(H,6,7)/t17-,18+;/m0./s1. The molecule has 1 fully saturated rings. The van der Waals surface area contributed by atoms with Crippen LogP contribution in [0.15, 0.2) is 48.8 Å². The van der Waals surface area contributed by atoms with E-state index >= 15 is 0 Å². The summed E-state index contributed by atoms with van der Waals surface area (Å²) in [5.74, 6) is -1.93. The number of aliphatic carboxylic acids is 1. The van der Waals surface area contributed by atoms with Crippen LogP contribution in [0.4, 0.5) is 13.2 Å². The number of ether oxygens (including phenoxy) is 1. The van der Waals surface area contributed by atoms with Gasteiger partial charge in [0.2, 0.25) is 5.91 Å². The van der Waals surface area contributed by atoms with Gasteiger partial charge in [0.15, 0.2) is 0 Å². The highest BCUT2D eigenvalue weighted by Gasteiger charge is 2.38. The zero-order valence-electron chi connectivity index (χ0n) is 16.7.